The summed E-state index contributed by atoms with van der Waals surface area (Å²) in [7, 11) is 1.86. The summed E-state index contributed by atoms with van der Waals surface area (Å²) < 4.78 is 0. The fraction of sp³-hybridized carbons (Fsp3) is 0.917. The number of rotatable bonds is 1. The Morgan fingerprint density at radius 2 is 1.69 bits per heavy atom. The molecule has 0 bridgehead atoms. The lowest BCUT2D eigenvalue weighted by Crippen LogP contribution is -2.56. The van der Waals surface area contributed by atoms with Gasteiger partial charge < -0.3 is 9.80 Å². The molecule has 0 spiro atoms. The fourth-order valence-electron chi connectivity index (χ4n) is 1.95. The standard InChI is InChI=1S/C12H25N3O/c1-6-13(5)11(16)14-7-9-15(10-8-14)12(2,3)4/h6-10H2,1-5H3. The van der Waals surface area contributed by atoms with Crippen molar-refractivity contribution in [3.8, 4) is 0 Å². The highest BCUT2D eigenvalue weighted by Gasteiger charge is 2.28. The van der Waals surface area contributed by atoms with Crippen molar-refractivity contribution in [1.29, 1.82) is 0 Å². The van der Waals surface area contributed by atoms with E-state index in [0.29, 0.717) is 0 Å². The Morgan fingerprint density at radius 3 is 2.06 bits per heavy atom. The molecule has 2 amide bonds. The van der Waals surface area contributed by atoms with Crippen LogP contribution in [0.25, 0.3) is 0 Å². The maximum Gasteiger partial charge on any atom is 0.319 e. The normalized spacial score (nSPS) is 18.7. The van der Waals surface area contributed by atoms with Crippen molar-refractivity contribution >= 4 is 6.03 Å². The zero-order valence-electron chi connectivity index (χ0n) is 11.3. The highest BCUT2D eigenvalue weighted by atomic mass is 16.2. The van der Waals surface area contributed by atoms with Crippen molar-refractivity contribution in [2.24, 2.45) is 0 Å². The molecule has 0 atom stereocenters. The van der Waals surface area contributed by atoms with Gasteiger partial charge in [0.25, 0.3) is 0 Å². The molecule has 16 heavy (non-hydrogen) atoms. The van der Waals surface area contributed by atoms with Crippen LogP contribution in [0.3, 0.4) is 0 Å². The summed E-state index contributed by atoms with van der Waals surface area (Å²) in [6.07, 6.45) is 0. The molecule has 1 aliphatic rings. The highest BCUT2D eigenvalue weighted by molar-refractivity contribution is 5.74. The Labute approximate surface area is 99.2 Å². The van der Waals surface area contributed by atoms with E-state index in [9.17, 15) is 4.79 Å². The fourth-order valence-corrected chi connectivity index (χ4v) is 1.95. The largest absolute Gasteiger partial charge is 0.328 e. The van der Waals surface area contributed by atoms with Crippen LogP contribution in [0.1, 0.15) is 27.7 Å². The second-order valence-corrected chi connectivity index (χ2v) is 5.44. The highest BCUT2D eigenvalue weighted by Crippen LogP contribution is 2.16. The average Bonchev–Trinajstić information content (AvgIpc) is 2.26. The van der Waals surface area contributed by atoms with E-state index in [0.717, 1.165) is 32.7 Å². The van der Waals surface area contributed by atoms with Crippen LogP contribution in [-0.4, -0.2) is 66.0 Å². The van der Waals surface area contributed by atoms with E-state index in [-0.39, 0.29) is 11.6 Å². The lowest BCUT2D eigenvalue weighted by molar-refractivity contribution is 0.0666. The number of carbonyl (C=O) groups excluding carboxylic acids is 1. The van der Waals surface area contributed by atoms with Crippen LogP contribution in [0.2, 0.25) is 0 Å². The molecule has 0 aromatic carbocycles. The van der Waals surface area contributed by atoms with E-state index in [1.165, 1.54) is 0 Å². The third-order valence-electron chi connectivity index (χ3n) is 3.30. The predicted octanol–water partition coefficient (Wildman–Crippen LogP) is 1.47. The van der Waals surface area contributed by atoms with Crippen LogP contribution < -0.4 is 0 Å². The van der Waals surface area contributed by atoms with Gasteiger partial charge in [-0.05, 0) is 27.7 Å². The quantitative estimate of drug-likeness (QED) is 0.678. The third kappa shape index (κ3) is 3.11. The van der Waals surface area contributed by atoms with Crippen molar-refractivity contribution in [1.82, 2.24) is 14.7 Å². The van der Waals surface area contributed by atoms with E-state index in [2.05, 4.69) is 25.7 Å². The minimum absolute atomic E-state index is 0.163. The molecule has 1 saturated heterocycles. The van der Waals surface area contributed by atoms with E-state index < -0.39 is 0 Å². The zero-order chi connectivity index (χ0) is 12.3. The maximum atomic E-state index is 11.9. The van der Waals surface area contributed by atoms with Gasteiger partial charge in [-0.15, -0.1) is 0 Å². The summed E-state index contributed by atoms with van der Waals surface area (Å²) in [4.78, 5) is 18.1. The van der Waals surface area contributed by atoms with Gasteiger partial charge in [-0.1, -0.05) is 0 Å². The number of carbonyl (C=O) groups is 1. The Kier molecular flexibility index (Phi) is 4.19. The van der Waals surface area contributed by atoms with Crippen molar-refractivity contribution < 1.29 is 4.79 Å². The first-order valence-corrected chi connectivity index (χ1v) is 6.11. The molecule has 4 nitrogen and oxygen atoms in total. The van der Waals surface area contributed by atoms with E-state index in [1.54, 1.807) is 4.90 Å². The van der Waals surface area contributed by atoms with Gasteiger partial charge in [0.05, 0.1) is 0 Å². The summed E-state index contributed by atoms with van der Waals surface area (Å²) in [6.45, 7) is 13.1. The lowest BCUT2D eigenvalue weighted by atomic mass is 10.1. The molecule has 0 saturated carbocycles. The number of nitrogens with zero attached hydrogens (tertiary/aromatic N) is 3. The molecule has 1 rings (SSSR count). The van der Waals surface area contributed by atoms with E-state index in [4.69, 9.17) is 0 Å². The van der Waals surface area contributed by atoms with Gasteiger partial charge in [0.2, 0.25) is 0 Å². The first kappa shape index (κ1) is 13.3. The second kappa shape index (κ2) is 5.04. The van der Waals surface area contributed by atoms with Crippen LogP contribution in [0.15, 0.2) is 0 Å². The molecule has 0 N–H and O–H groups in total. The van der Waals surface area contributed by atoms with Crippen molar-refractivity contribution in [3.63, 3.8) is 0 Å². The smallest absolute Gasteiger partial charge is 0.319 e. The molecular weight excluding hydrogens is 202 g/mol. The Balaban J connectivity index is 2.46. The first-order chi connectivity index (χ1) is 7.36. The molecule has 1 heterocycles. The number of hydrogen-bond donors (Lipinski definition) is 0. The van der Waals surface area contributed by atoms with Gasteiger partial charge in [-0.3, -0.25) is 4.90 Å². The molecule has 0 aliphatic carbocycles. The van der Waals surface area contributed by atoms with Gasteiger partial charge >= 0.3 is 6.03 Å². The molecule has 0 aromatic heterocycles. The van der Waals surface area contributed by atoms with Crippen molar-refractivity contribution in [2.45, 2.75) is 33.2 Å². The number of amides is 2. The molecule has 0 radical (unpaired) electrons. The Bertz CT molecular complexity index is 239. The second-order valence-electron chi connectivity index (χ2n) is 5.44. The Morgan fingerprint density at radius 1 is 1.19 bits per heavy atom. The minimum Gasteiger partial charge on any atom is -0.328 e. The van der Waals surface area contributed by atoms with Crippen LogP contribution >= 0.6 is 0 Å². The van der Waals surface area contributed by atoms with Crippen LogP contribution in [0.5, 0.6) is 0 Å². The monoisotopic (exact) mass is 227 g/mol. The average molecular weight is 227 g/mol. The van der Waals surface area contributed by atoms with Gasteiger partial charge in [0.1, 0.15) is 0 Å². The number of hydrogen-bond acceptors (Lipinski definition) is 2. The van der Waals surface area contributed by atoms with E-state index >= 15 is 0 Å². The van der Waals surface area contributed by atoms with Gasteiger partial charge in [-0.2, -0.15) is 0 Å². The van der Waals surface area contributed by atoms with Gasteiger partial charge in [-0.25, -0.2) is 4.79 Å². The lowest BCUT2D eigenvalue weighted by Gasteiger charge is -2.42. The van der Waals surface area contributed by atoms with Gasteiger partial charge in [0, 0.05) is 45.3 Å². The predicted molar refractivity (Wildman–Crippen MR) is 66.6 cm³/mol. The third-order valence-corrected chi connectivity index (χ3v) is 3.30. The molecule has 4 heteroatoms. The molecule has 94 valence electrons. The summed E-state index contributed by atoms with van der Waals surface area (Å²) in [6, 6.07) is 0.163. The zero-order valence-corrected chi connectivity index (χ0v) is 11.3. The molecule has 1 fully saturated rings. The molecule has 0 aromatic rings. The summed E-state index contributed by atoms with van der Waals surface area (Å²) >= 11 is 0. The molecule has 1 aliphatic heterocycles. The van der Waals surface area contributed by atoms with Gasteiger partial charge in [0.15, 0.2) is 0 Å². The summed E-state index contributed by atoms with van der Waals surface area (Å²) in [5.74, 6) is 0. The number of piperazine rings is 1. The molecule has 0 unspecified atom stereocenters. The van der Waals surface area contributed by atoms with Crippen molar-refractivity contribution in [3.05, 3.63) is 0 Å². The van der Waals surface area contributed by atoms with Crippen LogP contribution in [-0.2, 0) is 0 Å². The number of urea groups is 1. The molecular formula is C12H25N3O. The SMILES string of the molecule is CCN(C)C(=O)N1CCN(C(C)(C)C)CC1. The Hall–Kier alpha value is -0.770. The maximum absolute atomic E-state index is 11.9. The van der Waals surface area contributed by atoms with Crippen molar-refractivity contribution in [2.75, 3.05) is 39.8 Å². The minimum atomic E-state index is 0.163. The topological polar surface area (TPSA) is 26.8 Å². The first-order valence-electron chi connectivity index (χ1n) is 6.11. The van der Waals surface area contributed by atoms with Crippen LogP contribution in [0, 0.1) is 0 Å². The summed E-state index contributed by atoms with van der Waals surface area (Å²) in [5.41, 5.74) is 0.214. The van der Waals surface area contributed by atoms with E-state index in [1.807, 2.05) is 18.9 Å². The van der Waals surface area contributed by atoms with Crippen LogP contribution in [0.4, 0.5) is 4.79 Å². The summed E-state index contributed by atoms with van der Waals surface area (Å²) in [5, 5.41) is 0.